The van der Waals surface area contributed by atoms with Gasteiger partial charge in [-0.2, -0.15) is 0 Å². The van der Waals surface area contributed by atoms with Crippen LogP contribution in [0.5, 0.6) is 0 Å². The highest BCUT2D eigenvalue weighted by molar-refractivity contribution is 7.89. The van der Waals surface area contributed by atoms with Crippen LogP contribution >= 0.6 is 11.6 Å². The van der Waals surface area contributed by atoms with Gasteiger partial charge in [-0.05, 0) is 31.9 Å². The van der Waals surface area contributed by atoms with Crippen molar-refractivity contribution in [1.82, 2.24) is 4.72 Å². The number of rotatable bonds is 6. The van der Waals surface area contributed by atoms with E-state index in [1.54, 1.807) is 24.3 Å². The first-order chi connectivity index (χ1) is 7.95. The van der Waals surface area contributed by atoms with Crippen LogP contribution in [0.2, 0.25) is 0 Å². The van der Waals surface area contributed by atoms with Crippen LogP contribution in [0.3, 0.4) is 0 Å². The van der Waals surface area contributed by atoms with E-state index in [0.717, 1.165) is 12.0 Å². The number of sulfonamides is 1. The van der Waals surface area contributed by atoms with E-state index in [1.165, 1.54) is 0 Å². The molecule has 0 fully saturated rings. The zero-order valence-corrected chi connectivity index (χ0v) is 11.7. The van der Waals surface area contributed by atoms with Crippen LogP contribution in [0.4, 0.5) is 0 Å². The fourth-order valence-electron chi connectivity index (χ4n) is 1.35. The number of benzene rings is 1. The van der Waals surface area contributed by atoms with Gasteiger partial charge in [-0.15, -0.1) is 11.6 Å². The third kappa shape index (κ3) is 4.66. The van der Waals surface area contributed by atoms with Crippen LogP contribution in [0.15, 0.2) is 29.2 Å². The van der Waals surface area contributed by atoms with Crippen molar-refractivity contribution < 1.29 is 8.42 Å². The van der Waals surface area contributed by atoms with Crippen molar-refractivity contribution in [3.05, 3.63) is 29.8 Å². The number of hydrogen-bond donors (Lipinski definition) is 1. The summed E-state index contributed by atoms with van der Waals surface area (Å²) in [6.07, 6.45) is 1.48. The minimum Gasteiger partial charge on any atom is -0.211 e. The molecule has 3 nitrogen and oxygen atoms in total. The Bertz CT molecular complexity index is 442. The van der Waals surface area contributed by atoms with Crippen molar-refractivity contribution in [3.63, 3.8) is 0 Å². The molecular formula is C12H18ClNO2S. The van der Waals surface area contributed by atoms with E-state index in [1.807, 2.05) is 13.8 Å². The monoisotopic (exact) mass is 275 g/mol. The minimum absolute atomic E-state index is 0.0238. The highest BCUT2D eigenvalue weighted by Crippen LogP contribution is 2.11. The molecule has 0 aromatic heterocycles. The molecule has 1 rings (SSSR count). The molecule has 96 valence electrons. The van der Waals surface area contributed by atoms with Crippen molar-refractivity contribution in [2.45, 2.75) is 37.0 Å². The molecule has 5 heteroatoms. The molecule has 0 saturated heterocycles. The van der Waals surface area contributed by atoms with Crippen molar-refractivity contribution in [3.8, 4) is 0 Å². The SMILES string of the molecule is CCC(Cl)CCNS(=O)(=O)c1ccc(C)cc1. The second kappa shape index (κ2) is 6.38. The Morgan fingerprint density at radius 3 is 2.41 bits per heavy atom. The molecule has 0 heterocycles. The molecule has 0 amide bonds. The van der Waals surface area contributed by atoms with Crippen LogP contribution in [0, 0.1) is 6.92 Å². The van der Waals surface area contributed by atoms with Crippen LogP contribution in [0.25, 0.3) is 0 Å². The molecule has 0 radical (unpaired) electrons. The summed E-state index contributed by atoms with van der Waals surface area (Å²) in [5.74, 6) is 0. The molecule has 1 unspecified atom stereocenters. The lowest BCUT2D eigenvalue weighted by Crippen LogP contribution is -2.26. The van der Waals surface area contributed by atoms with Gasteiger partial charge in [0, 0.05) is 11.9 Å². The molecular weight excluding hydrogens is 258 g/mol. The average molecular weight is 276 g/mol. The molecule has 0 aliphatic carbocycles. The lowest BCUT2D eigenvalue weighted by atomic mass is 10.2. The molecule has 1 aromatic rings. The Balaban J connectivity index is 2.60. The van der Waals surface area contributed by atoms with Crippen molar-refractivity contribution >= 4 is 21.6 Å². The number of halogens is 1. The molecule has 0 bridgehead atoms. The normalized spacial score (nSPS) is 13.6. The Hall–Kier alpha value is -0.580. The van der Waals surface area contributed by atoms with E-state index in [9.17, 15) is 8.42 Å². The van der Waals surface area contributed by atoms with Gasteiger partial charge in [0.1, 0.15) is 0 Å². The molecule has 0 aliphatic rings. The third-order valence-corrected chi connectivity index (χ3v) is 4.53. The van der Waals surface area contributed by atoms with Crippen molar-refractivity contribution in [2.75, 3.05) is 6.54 Å². The van der Waals surface area contributed by atoms with E-state index in [0.29, 0.717) is 17.9 Å². The van der Waals surface area contributed by atoms with E-state index >= 15 is 0 Å². The predicted molar refractivity (Wildman–Crippen MR) is 70.9 cm³/mol. The highest BCUT2D eigenvalue weighted by atomic mass is 35.5. The van der Waals surface area contributed by atoms with Gasteiger partial charge in [0.2, 0.25) is 10.0 Å². The van der Waals surface area contributed by atoms with Gasteiger partial charge in [0.15, 0.2) is 0 Å². The van der Waals surface area contributed by atoms with Gasteiger partial charge in [-0.1, -0.05) is 24.6 Å². The molecule has 0 saturated carbocycles. The second-order valence-electron chi connectivity index (χ2n) is 4.01. The first kappa shape index (κ1) is 14.5. The van der Waals surface area contributed by atoms with Crippen molar-refractivity contribution in [1.29, 1.82) is 0 Å². The quantitative estimate of drug-likeness (QED) is 0.812. The first-order valence-electron chi connectivity index (χ1n) is 5.66. The van der Waals surface area contributed by atoms with Crippen LogP contribution in [-0.4, -0.2) is 20.3 Å². The predicted octanol–water partition coefficient (Wildman–Crippen LogP) is 2.68. The Labute approximate surface area is 108 Å². The van der Waals surface area contributed by atoms with E-state index in [2.05, 4.69) is 4.72 Å². The summed E-state index contributed by atoms with van der Waals surface area (Å²) in [5, 5.41) is 0.0238. The number of alkyl halides is 1. The summed E-state index contributed by atoms with van der Waals surface area (Å²) < 4.78 is 26.3. The molecule has 0 aliphatic heterocycles. The topological polar surface area (TPSA) is 46.2 Å². The fraction of sp³-hybridized carbons (Fsp3) is 0.500. The van der Waals surface area contributed by atoms with Crippen LogP contribution in [0.1, 0.15) is 25.3 Å². The molecule has 1 aromatic carbocycles. The van der Waals surface area contributed by atoms with Gasteiger partial charge in [-0.25, -0.2) is 13.1 Å². The average Bonchev–Trinajstić information content (AvgIpc) is 2.29. The summed E-state index contributed by atoms with van der Waals surface area (Å²) in [6.45, 7) is 4.27. The molecule has 17 heavy (non-hydrogen) atoms. The maximum absolute atomic E-state index is 11.9. The second-order valence-corrected chi connectivity index (χ2v) is 6.39. The Morgan fingerprint density at radius 2 is 1.88 bits per heavy atom. The number of nitrogens with one attached hydrogen (secondary N) is 1. The Morgan fingerprint density at radius 1 is 1.29 bits per heavy atom. The molecule has 1 N–H and O–H groups in total. The first-order valence-corrected chi connectivity index (χ1v) is 7.58. The lowest BCUT2D eigenvalue weighted by molar-refractivity contribution is 0.576. The maximum atomic E-state index is 11.9. The minimum atomic E-state index is -3.39. The van der Waals surface area contributed by atoms with Crippen LogP contribution in [-0.2, 0) is 10.0 Å². The highest BCUT2D eigenvalue weighted by Gasteiger charge is 2.13. The van der Waals surface area contributed by atoms with E-state index < -0.39 is 10.0 Å². The maximum Gasteiger partial charge on any atom is 0.240 e. The number of hydrogen-bond acceptors (Lipinski definition) is 2. The largest absolute Gasteiger partial charge is 0.240 e. The lowest BCUT2D eigenvalue weighted by Gasteiger charge is -2.09. The summed E-state index contributed by atoms with van der Waals surface area (Å²) in [7, 11) is -3.39. The Kier molecular flexibility index (Phi) is 5.43. The summed E-state index contributed by atoms with van der Waals surface area (Å²) in [4.78, 5) is 0.297. The van der Waals surface area contributed by atoms with Gasteiger partial charge in [-0.3, -0.25) is 0 Å². The van der Waals surface area contributed by atoms with Gasteiger partial charge in [0.05, 0.1) is 4.90 Å². The van der Waals surface area contributed by atoms with Crippen LogP contribution < -0.4 is 4.72 Å². The van der Waals surface area contributed by atoms with E-state index in [4.69, 9.17) is 11.6 Å². The molecule has 1 atom stereocenters. The summed E-state index contributed by atoms with van der Waals surface area (Å²) in [6, 6.07) is 6.78. The van der Waals surface area contributed by atoms with Crippen molar-refractivity contribution in [2.24, 2.45) is 0 Å². The summed E-state index contributed by atoms with van der Waals surface area (Å²) in [5.41, 5.74) is 1.04. The standard InChI is InChI=1S/C12H18ClNO2S/c1-3-11(13)8-9-14-17(15,16)12-6-4-10(2)5-7-12/h4-7,11,14H,3,8-9H2,1-2H3. The summed E-state index contributed by atoms with van der Waals surface area (Å²) >= 11 is 5.93. The molecule has 0 spiro atoms. The fourth-order valence-corrected chi connectivity index (χ4v) is 2.51. The number of aryl methyl sites for hydroxylation is 1. The van der Waals surface area contributed by atoms with Gasteiger partial charge >= 0.3 is 0 Å². The van der Waals surface area contributed by atoms with E-state index in [-0.39, 0.29) is 5.38 Å². The van der Waals surface area contributed by atoms with Gasteiger partial charge < -0.3 is 0 Å². The van der Waals surface area contributed by atoms with Gasteiger partial charge in [0.25, 0.3) is 0 Å². The smallest absolute Gasteiger partial charge is 0.211 e. The zero-order valence-electron chi connectivity index (χ0n) is 10.1. The zero-order chi connectivity index (χ0) is 12.9. The third-order valence-electron chi connectivity index (χ3n) is 2.52.